The van der Waals surface area contributed by atoms with Gasteiger partial charge in [-0.2, -0.15) is 0 Å². The number of Topliss-reactive ketones (excluding diaryl/α,β-unsaturated/α-hetero) is 1. The summed E-state index contributed by atoms with van der Waals surface area (Å²) in [5.74, 6) is -1.25. The number of halogens is 1. The average Bonchev–Trinajstić information content (AvgIpc) is 1.66. The van der Waals surface area contributed by atoms with Gasteiger partial charge in [0.1, 0.15) is 42.4 Å². The number of ketones is 1. The van der Waals surface area contributed by atoms with Crippen LogP contribution in [0.5, 0.6) is 0 Å². The van der Waals surface area contributed by atoms with Crippen LogP contribution in [0, 0.1) is 11.8 Å². The van der Waals surface area contributed by atoms with E-state index in [1.165, 1.54) is 0 Å². The second-order valence-electron chi connectivity index (χ2n) is 28.8. The van der Waals surface area contributed by atoms with Crippen LogP contribution in [0.2, 0.25) is 54.4 Å². The second-order valence-corrected chi connectivity index (χ2v) is 44.2. The van der Waals surface area contributed by atoms with Crippen molar-refractivity contribution in [1.29, 1.82) is 0 Å². The first kappa shape index (κ1) is 67.5. The standard InChI is InChI=1S/C65H107BrO14Si3/c1-18-83(19-2,20-3)70-32-24-27-46-33-41(4)43(6)52(72-46)38-53-50(56(69-13)54(75-53)37-49(80-82(16,17)64(10,11)12)40-71-81(14,15)63(7,8)9)36-45(67)35-47-28-29-51-57(73-47)61-60-59(76-51)58-55(77-60)39-65(78-58,79-61)31-30-48(34-42(5)66)74-62(68)44-25-22-21-23-26-44/h21-23,25-26,41,46-61H,5-6,18-20,24,27-40H2,1-4,7-17H3/t41?,46-,47+,48+,49?,50?,51?,52?,53-,54+,55+,56+,57-,58?,59-,60+,61?,65-/m0/s1. The summed E-state index contributed by atoms with van der Waals surface area (Å²) in [6.07, 6.45) is 3.17. The predicted molar refractivity (Wildman–Crippen MR) is 335 cm³/mol. The predicted octanol–water partition coefficient (Wildman–Crippen LogP) is 14.3. The van der Waals surface area contributed by atoms with Crippen LogP contribution in [-0.4, -0.2) is 154 Å². The SMILES string of the molecule is C=C(Br)C[C@@H](CC[C@@]12C[C@H]3O[C@H]4C(O1)[C@H]1O[C@@H](CC(=O)CC5[C@H](CC6O[C@@H](CCCO[Si](CC)(CC)CC)CC(C)C6=C)O[C@H](CC(CO[Si](C)(C)C(C)(C)C)O[Si](C)(C)C(C)(C)C)[C@@H]5OC)CCC1O[C@H]4C3O2)OC(=O)c1ccccc1. The van der Waals surface area contributed by atoms with E-state index in [1.54, 1.807) is 19.2 Å². The van der Waals surface area contributed by atoms with Gasteiger partial charge in [0.25, 0.3) is 0 Å². The van der Waals surface area contributed by atoms with Crippen LogP contribution >= 0.6 is 15.9 Å². The van der Waals surface area contributed by atoms with Crippen LogP contribution in [0.15, 0.2) is 53.5 Å². The monoisotopic (exact) mass is 1270 g/mol. The van der Waals surface area contributed by atoms with Gasteiger partial charge in [0.05, 0.1) is 67.1 Å². The summed E-state index contributed by atoms with van der Waals surface area (Å²) >= 11 is 3.51. The van der Waals surface area contributed by atoms with Crippen molar-refractivity contribution in [2.45, 2.75) is 304 Å². The van der Waals surface area contributed by atoms with E-state index in [0.717, 1.165) is 60.5 Å². The minimum Gasteiger partial charge on any atom is -0.458 e. The number of hydrogen-bond acceptors (Lipinski definition) is 14. The molecule has 0 spiro atoms. The Hall–Kier alpha value is -1.47. The molecule has 8 aliphatic heterocycles. The van der Waals surface area contributed by atoms with Crippen molar-refractivity contribution < 1.29 is 65.5 Å². The number of esters is 1. The zero-order valence-corrected chi connectivity index (χ0v) is 58.0. The first-order valence-electron chi connectivity index (χ1n) is 31.9. The molecule has 8 aliphatic rings. The van der Waals surface area contributed by atoms with Crippen molar-refractivity contribution in [3.05, 3.63) is 59.1 Å². The Morgan fingerprint density at radius 3 is 2.10 bits per heavy atom. The maximum absolute atomic E-state index is 15.0. The average molecular weight is 1280 g/mol. The molecule has 0 amide bonds. The van der Waals surface area contributed by atoms with E-state index in [2.05, 4.69) is 125 Å². The first-order valence-corrected chi connectivity index (χ1v) is 41.1. The van der Waals surface area contributed by atoms with E-state index < -0.39 is 49.1 Å². The Balaban J connectivity index is 0.982. The van der Waals surface area contributed by atoms with Gasteiger partial charge in [0.2, 0.25) is 0 Å². The van der Waals surface area contributed by atoms with E-state index in [9.17, 15) is 9.59 Å². The smallest absolute Gasteiger partial charge is 0.338 e. The van der Waals surface area contributed by atoms with Gasteiger partial charge in [-0.25, -0.2) is 4.79 Å². The maximum Gasteiger partial charge on any atom is 0.338 e. The molecule has 14 nitrogen and oxygen atoms in total. The fourth-order valence-corrected chi connectivity index (χ4v) is 19.2. The van der Waals surface area contributed by atoms with Crippen LogP contribution in [-0.2, 0) is 60.7 Å². The molecule has 6 bridgehead atoms. The molecule has 8 saturated heterocycles. The van der Waals surface area contributed by atoms with E-state index in [-0.39, 0.29) is 120 Å². The summed E-state index contributed by atoms with van der Waals surface area (Å²) in [6, 6.07) is 12.5. The van der Waals surface area contributed by atoms with Gasteiger partial charge in [0, 0.05) is 64.6 Å². The third-order valence-corrected chi connectivity index (χ3v) is 35.1. The van der Waals surface area contributed by atoms with Gasteiger partial charge in [-0.1, -0.05) is 117 Å². The third kappa shape index (κ3) is 15.9. The number of hydrogen-bond donors (Lipinski definition) is 0. The zero-order chi connectivity index (χ0) is 60.5. The van der Waals surface area contributed by atoms with E-state index in [4.69, 9.17) is 55.9 Å². The largest absolute Gasteiger partial charge is 0.458 e. The van der Waals surface area contributed by atoms with Crippen LogP contribution in [0.1, 0.15) is 163 Å². The molecule has 18 atom stereocenters. The molecule has 83 heavy (non-hydrogen) atoms. The Morgan fingerprint density at radius 1 is 0.783 bits per heavy atom. The summed E-state index contributed by atoms with van der Waals surface area (Å²) in [5, 5.41) is 0.00586. The normalized spacial score (nSPS) is 34.4. The lowest BCUT2D eigenvalue weighted by atomic mass is 9.81. The van der Waals surface area contributed by atoms with Crippen molar-refractivity contribution in [3.8, 4) is 0 Å². The lowest BCUT2D eigenvalue weighted by Gasteiger charge is -2.47. The number of ether oxygens (including phenoxy) is 9. The Labute approximate surface area is 511 Å². The molecule has 1 aromatic rings. The van der Waals surface area contributed by atoms with Crippen LogP contribution < -0.4 is 0 Å². The molecule has 8 heterocycles. The van der Waals surface area contributed by atoms with Crippen LogP contribution in [0.25, 0.3) is 0 Å². The third-order valence-electron chi connectivity index (χ3n) is 21.1. The van der Waals surface area contributed by atoms with Gasteiger partial charge >= 0.3 is 5.97 Å². The van der Waals surface area contributed by atoms with Crippen LogP contribution in [0.4, 0.5) is 0 Å². The molecular formula is C65H107BrO14Si3. The molecule has 8 fully saturated rings. The summed E-state index contributed by atoms with van der Waals surface area (Å²) in [7, 11) is -4.35. The summed E-state index contributed by atoms with van der Waals surface area (Å²) in [6.45, 7) is 41.9. The van der Waals surface area contributed by atoms with Gasteiger partial charge in [-0.05, 0) is 121 Å². The number of rotatable bonds is 29. The molecule has 1 aromatic carbocycles. The number of carbonyl (C=O) groups is 2. The van der Waals surface area contributed by atoms with Crippen molar-refractivity contribution in [1.82, 2.24) is 0 Å². The molecule has 9 rings (SSSR count). The summed E-state index contributed by atoms with van der Waals surface area (Å²) < 4.78 is 83.3. The molecule has 0 aliphatic carbocycles. The molecule has 0 N–H and O–H groups in total. The zero-order valence-electron chi connectivity index (χ0n) is 53.4. The molecule has 0 radical (unpaired) electrons. The van der Waals surface area contributed by atoms with Gasteiger partial charge in [0.15, 0.2) is 30.7 Å². The van der Waals surface area contributed by atoms with E-state index in [0.29, 0.717) is 57.1 Å². The van der Waals surface area contributed by atoms with Crippen molar-refractivity contribution in [3.63, 3.8) is 0 Å². The maximum atomic E-state index is 15.0. The highest BCUT2D eigenvalue weighted by atomic mass is 79.9. The highest BCUT2D eigenvalue weighted by Crippen LogP contribution is 2.54. The molecule has 7 unspecified atom stereocenters. The highest BCUT2D eigenvalue weighted by Gasteiger charge is 2.69. The molecular weight excluding hydrogens is 1170 g/mol. The Kier molecular flexibility index (Phi) is 22.5. The number of fused-ring (bicyclic) bond motifs is 1. The topological polar surface area (TPSA) is 145 Å². The lowest BCUT2D eigenvalue weighted by Crippen LogP contribution is -2.61. The van der Waals surface area contributed by atoms with Crippen molar-refractivity contribution in [2.75, 3.05) is 20.3 Å². The minimum absolute atomic E-state index is 0.0211. The molecule has 0 aromatic heterocycles. The fourth-order valence-electron chi connectivity index (χ4n) is 13.8. The number of methoxy groups -OCH3 is 1. The fraction of sp³-hybridized carbons (Fsp3) is 0.815. The quantitative estimate of drug-likeness (QED) is 0.0325. The first-order chi connectivity index (χ1) is 39.0. The Morgan fingerprint density at radius 2 is 1.45 bits per heavy atom. The van der Waals surface area contributed by atoms with Crippen LogP contribution in [0.3, 0.4) is 0 Å². The van der Waals surface area contributed by atoms with Crippen molar-refractivity contribution >= 4 is 52.6 Å². The summed E-state index contributed by atoms with van der Waals surface area (Å²) in [5.41, 5.74) is 1.57. The van der Waals surface area contributed by atoms with Crippen molar-refractivity contribution in [2.24, 2.45) is 11.8 Å². The molecule has 470 valence electrons. The highest BCUT2D eigenvalue weighted by molar-refractivity contribution is 9.11. The lowest BCUT2D eigenvalue weighted by molar-refractivity contribution is -0.292. The van der Waals surface area contributed by atoms with E-state index >= 15 is 0 Å². The number of benzene rings is 1. The number of carbonyl (C=O) groups excluding carboxylic acids is 2. The second kappa shape index (κ2) is 27.7. The van der Waals surface area contributed by atoms with Gasteiger partial charge < -0.3 is 55.9 Å². The molecule has 18 heteroatoms. The van der Waals surface area contributed by atoms with Gasteiger partial charge in [-0.3, -0.25) is 4.79 Å². The summed E-state index contributed by atoms with van der Waals surface area (Å²) in [4.78, 5) is 28.2. The van der Waals surface area contributed by atoms with E-state index in [1.807, 2.05) is 18.2 Å². The minimum atomic E-state index is -2.28. The van der Waals surface area contributed by atoms with Gasteiger partial charge in [-0.15, -0.1) is 0 Å². The molecule has 0 saturated carbocycles. The Bertz CT molecular complexity index is 2330.